The Morgan fingerprint density at radius 3 is 2.88 bits per heavy atom. The zero-order valence-corrected chi connectivity index (χ0v) is 10.9. The zero-order chi connectivity index (χ0) is 12.3. The highest BCUT2D eigenvalue weighted by Gasteiger charge is 2.03. The molecule has 0 radical (unpaired) electrons. The van der Waals surface area contributed by atoms with Crippen molar-refractivity contribution in [3.05, 3.63) is 46.1 Å². The van der Waals surface area contributed by atoms with Gasteiger partial charge in [-0.2, -0.15) is 10.1 Å². The fourth-order valence-electron chi connectivity index (χ4n) is 1.37. The van der Waals surface area contributed by atoms with E-state index in [0.717, 1.165) is 5.56 Å². The standard InChI is InChI=1S/C11H7Cl2N3S/c12-9-2-1-8(10(13)5-9)6-16-4-3-11(15-16)14-7-17/h1-5H,6H2. The number of benzene rings is 1. The van der Waals surface area contributed by atoms with Crippen LogP contribution in [0.15, 0.2) is 35.5 Å². The number of halogens is 2. The van der Waals surface area contributed by atoms with Gasteiger partial charge in [-0.1, -0.05) is 29.3 Å². The summed E-state index contributed by atoms with van der Waals surface area (Å²) in [7, 11) is 0. The highest BCUT2D eigenvalue weighted by Crippen LogP contribution is 2.21. The second-order valence-electron chi connectivity index (χ2n) is 3.31. The molecule has 1 heterocycles. The zero-order valence-electron chi connectivity index (χ0n) is 8.60. The maximum atomic E-state index is 6.07. The van der Waals surface area contributed by atoms with E-state index in [2.05, 4.69) is 27.5 Å². The van der Waals surface area contributed by atoms with Crippen LogP contribution in [0, 0.1) is 0 Å². The summed E-state index contributed by atoms with van der Waals surface area (Å²) in [5.74, 6) is 0.532. The number of hydrogen-bond acceptors (Lipinski definition) is 3. The van der Waals surface area contributed by atoms with E-state index in [9.17, 15) is 0 Å². The third kappa shape index (κ3) is 3.14. The molecule has 6 heteroatoms. The third-order valence-electron chi connectivity index (χ3n) is 2.13. The van der Waals surface area contributed by atoms with Crippen LogP contribution >= 0.6 is 35.4 Å². The first-order valence-corrected chi connectivity index (χ1v) is 5.91. The van der Waals surface area contributed by atoms with Gasteiger partial charge in [-0.25, -0.2) is 0 Å². The van der Waals surface area contributed by atoms with Gasteiger partial charge >= 0.3 is 0 Å². The van der Waals surface area contributed by atoms with E-state index < -0.39 is 0 Å². The number of thiocarbonyl (C=S) groups is 1. The second-order valence-corrected chi connectivity index (χ2v) is 4.34. The van der Waals surface area contributed by atoms with Gasteiger partial charge < -0.3 is 0 Å². The maximum Gasteiger partial charge on any atom is 0.184 e. The van der Waals surface area contributed by atoms with Crippen LogP contribution in [0.25, 0.3) is 0 Å². The Hall–Kier alpha value is -1.19. The average Bonchev–Trinajstić information content (AvgIpc) is 2.71. The number of aliphatic imine (C=N–C) groups is 1. The van der Waals surface area contributed by atoms with E-state index in [0.29, 0.717) is 22.4 Å². The van der Waals surface area contributed by atoms with Crippen molar-refractivity contribution in [2.75, 3.05) is 0 Å². The molecule has 1 aromatic heterocycles. The number of isothiocyanates is 1. The number of aromatic nitrogens is 2. The molecular formula is C11H7Cl2N3S. The second kappa shape index (κ2) is 5.43. The van der Waals surface area contributed by atoms with Crippen molar-refractivity contribution in [3.63, 3.8) is 0 Å². The van der Waals surface area contributed by atoms with Crippen LogP contribution in [0.2, 0.25) is 10.0 Å². The minimum atomic E-state index is 0.532. The molecule has 0 amide bonds. The lowest BCUT2D eigenvalue weighted by molar-refractivity contribution is 0.688. The molecule has 0 atom stereocenters. The topological polar surface area (TPSA) is 30.2 Å². The molecule has 0 aliphatic heterocycles. The van der Waals surface area contributed by atoms with Crippen LogP contribution in [0.4, 0.5) is 5.82 Å². The van der Waals surface area contributed by atoms with Crippen molar-refractivity contribution < 1.29 is 0 Å². The van der Waals surface area contributed by atoms with Gasteiger partial charge in [-0.05, 0) is 29.9 Å². The van der Waals surface area contributed by atoms with E-state index in [1.54, 1.807) is 29.1 Å². The molecule has 3 nitrogen and oxygen atoms in total. The molecule has 0 aliphatic carbocycles. The Bertz CT molecular complexity index is 588. The smallest absolute Gasteiger partial charge is 0.184 e. The summed E-state index contributed by atoms with van der Waals surface area (Å²) in [5, 5.41) is 7.69. The molecule has 0 bridgehead atoms. The van der Waals surface area contributed by atoms with E-state index in [-0.39, 0.29) is 0 Å². The van der Waals surface area contributed by atoms with Crippen molar-refractivity contribution >= 4 is 46.4 Å². The molecule has 1 aromatic carbocycles. The van der Waals surface area contributed by atoms with Gasteiger partial charge in [0.1, 0.15) is 0 Å². The largest absolute Gasteiger partial charge is 0.266 e. The Morgan fingerprint density at radius 2 is 2.18 bits per heavy atom. The van der Waals surface area contributed by atoms with E-state index >= 15 is 0 Å². The molecule has 0 unspecified atom stereocenters. The van der Waals surface area contributed by atoms with Gasteiger partial charge in [0.2, 0.25) is 0 Å². The molecule has 0 fully saturated rings. The van der Waals surface area contributed by atoms with Gasteiger partial charge in [0.05, 0.1) is 11.7 Å². The molecule has 0 N–H and O–H groups in total. The van der Waals surface area contributed by atoms with Crippen LogP contribution in [0.3, 0.4) is 0 Å². The van der Waals surface area contributed by atoms with Crippen LogP contribution in [0.5, 0.6) is 0 Å². The van der Waals surface area contributed by atoms with Crippen molar-refractivity contribution in [1.29, 1.82) is 0 Å². The first-order valence-electron chi connectivity index (χ1n) is 4.74. The van der Waals surface area contributed by atoms with Gasteiger partial charge in [0.15, 0.2) is 5.82 Å². The highest BCUT2D eigenvalue weighted by atomic mass is 35.5. The first-order chi connectivity index (χ1) is 8.19. The maximum absolute atomic E-state index is 6.07. The Kier molecular flexibility index (Phi) is 3.92. The minimum Gasteiger partial charge on any atom is -0.266 e. The van der Waals surface area contributed by atoms with Crippen LogP contribution in [-0.2, 0) is 6.54 Å². The van der Waals surface area contributed by atoms with E-state index in [4.69, 9.17) is 23.2 Å². The van der Waals surface area contributed by atoms with Gasteiger partial charge in [0, 0.05) is 22.3 Å². The van der Waals surface area contributed by atoms with Gasteiger partial charge in [-0.3, -0.25) is 4.68 Å². The van der Waals surface area contributed by atoms with Crippen LogP contribution in [0.1, 0.15) is 5.56 Å². The Balaban J connectivity index is 2.22. The molecule has 0 aliphatic rings. The van der Waals surface area contributed by atoms with Gasteiger partial charge in [-0.15, -0.1) is 0 Å². The third-order valence-corrected chi connectivity index (χ3v) is 2.81. The molecule has 2 aromatic rings. The quantitative estimate of drug-likeness (QED) is 0.630. The Morgan fingerprint density at radius 1 is 1.35 bits per heavy atom. The molecule has 0 spiro atoms. The summed E-state index contributed by atoms with van der Waals surface area (Å²) in [6.07, 6.45) is 1.80. The SMILES string of the molecule is S=C=Nc1ccn(Cc2ccc(Cl)cc2Cl)n1. The summed E-state index contributed by atoms with van der Waals surface area (Å²) in [6, 6.07) is 7.12. The monoisotopic (exact) mass is 283 g/mol. The summed E-state index contributed by atoms with van der Waals surface area (Å²) < 4.78 is 1.72. The lowest BCUT2D eigenvalue weighted by Gasteiger charge is -2.04. The van der Waals surface area contributed by atoms with Crippen molar-refractivity contribution in [2.45, 2.75) is 6.54 Å². The average molecular weight is 284 g/mol. The predicted octanol–water partition coefficient (Wildman–Crippen LogP) is 3.97. The molecule has 0 saturated carbocycles. The van der Waals surface area contributed by atoms with Crippen molar-refractivity contribution in [3.8, 4) is 0 Å². The minimum absolute atomic E-state index is 0.532. The number of nitrogens with zero attached hydrogens (tertiary/aromatic N) is 3. The molecular weight excluding hydrogens is 277 g/mol. The normalized spacial score (nSPS) is 10.0. The Labute approximate surface area is 114 Å². The predicted molar refractivity (Wildman–Crippen MR) is 72.5 cm³/mol. The summed E-state index contributed by atoms with van der Waals surface area (Å²) in [5.41, 5.74) is 0.942. The number of hydrogen-bond donors (Lipinski definition) is 0. The first kappa shape index (κ1) is 12.3. The highest BCUT2D eigenvalue weighted by molar-refractivity contribution is 7.78. The summed E-state index contributed by atoms with van der Waals surface area (Å²) in [6.45, 7) is 0.558. The lowest BCUT2D eigenvalue weighted by atomic mass is 10.2. The van der Waals surface area contributed by atoms with Crippen molar-refractivity contribution in [1.82, 2.24) is 9.78 Å². The van der Waals surface area contributed by atoms with Crippen LogP contribution < -0.4 is 0 Å². The van der Waals surface area contributed by atoms with Crippen molar-refractivity contribution in [2.24, 2.45) is 4.99 Å². The summed E-state index contributed by atoms with van der Waals surface area (Å²) in [4.78, 5) is 3.78. The van der Waals surface area contributed by atoms with E-state index in [1.807, 2.05) is 6.07 Å². The molecule has 17 heavy (non-hydrogen) atoms. The van der Waals surface area contributed by atoms with Crippen LogP contribution in [-0.4, -0.2) is 14.9 Å². The fourth-order valence-corrected chi connectivity index (χ4v) is 1.93. The number of rotatable bonds is 3. The fraction of sp³-hybridized carbons (Fsp3) is 0.0909. The lowest BCUT2D eigenvalue weighted by Crippen LogP contribution is -2.00. The van der Waals surface area contributed by atoms with Gasteiger partial charge in [0.25, 0.3) is 0 Å². The molecule has 2 rings (SSSR count). The van der Waals surface area contributed by atoms with E-state index in [1.165, 1.54) is 0 Å². The molecule has 0 saturated heterocycles. The summed E-state index contributed by atoms with van der Waals surface area (Å²) >= 11 is 16.4. The molecule has 86 valence electrons.